The topological polar surface area (TPSA) is 29.9 Å². The Bertz CT molecular complexity index is 365. The molecule has 0 bridgehead atoms. The SMILES string of the molecule is CNCc1nc(C(C)C)n2c1CC(C)CC2. The first-order chi connectivity index (χ1) is 7.63. The lowest BCUT2D eigenvalue weighted by atomic mass is 9.97. The Balaban J connectivity index is 2.40. The van der Waals surface area contributed by atoms with Gasteiger partial charge in [-0.1, -0.05) is 20.8 Å². The highest BCUT2D eigenvalue weighted by Gasteiger charge is 2.23. The van der Waals surface area contributed by atoms with Crippen LogP contribution in [0.2, 0.25) is 0 Å². The summed E-state index contributed by atoms with van der Waals surface area (Å²) in [7, 11) is 1.99. The molecule has 1 N–H and O–H groups in total. The van der Waals surface area contributed by atoms with Crippen molar-refractivity contribution in [3.63, 3.8) is 0 Å². The molecule has 0 fully saturated rings. The molecule has 0 saturated heterocycles. The van der Waals surface area contributed by atoms with Crippen molar-refractivity contribution in [3.05, 3.63) is 17.2 Å². The number of nitrogens with zero attached hydrogens (tertiary/aromatic N) is 2. The molecular formula is C13H23N3. The average Bonchev–Trinajstić information content (AvgIpc) is 2.58. The van der Waals surface area contributed by atoms with Gasteiger partial charge in [-0.25, -0.2) is 4.98 Å². The van der Waals surface area contributed by atoms with E-state index in [-0.39, 0.29) is 0 Å². The van der Waals surface area contributed by atoms with E-state index in [1.54, 1.807) is 0 Å². The second-order valence-corrected chi connectivity index (χ2v) is 5.30. The van der Waals surface area contributed by atoms with E-state index in [0.717, 1.165) is 19.0 Å². The zero-order valence-electron chi connectivity index (χ0n) is 10.9. The number of imidazole rings is 1. The van der Waals surface area contributed by atoms with Crippen LogP contribution in [-0.2, 0) is 19.5 Å². The highest BCUT2D eigenvalue weighted by Crippen LogP contribution is 2.27. The Morgan fingerprint density at radius 3 is 2.88 bits per heavy atom. The summed E-state index contributed by atoms with van der Waals surface area (Å²) >= 11 is 0. The van der Waals surface area contributed by atoms with Gasteiger partial charge in [0.2, 0.25) is 0 Å². The molecule has 1 aromatic rings. The molecule has 2 heterocycles. The van der Waals surface area contributed by atoms with Crippen molar-refractivity contribution < 1.29 is 0 Å². The van der Waals surface area contributed by atoms with Crippen LogP contribution in [-0.4, -0.2) is 16.6 Å². The Labute approximate surface area is 98.3 Å². The minimum atomic E-state index is 0.526. The van der Waals surface area contributed by atoms with Gasteiger partial charge in [-0.2, -0.15) is 0 Å². The number of fused-ring (bicyclic) bond motifs is 1. The first kappa shape index (κ1) is 11.6. The van der Waals surface area contributed by atoms with E-state index < -0.39 is 0 Å². The van der Waals surface area contributed by atoms with E-state index in [1.807, 2.05) is 7.05 Å². The fourth-order valence-electron chi connectivity index (χ4n) is 2.57. The molecule has 1 atom stereocenters. The largest absolute Gasteiger partial charge is 0.331 e. The van der Waals surface area contributed by atoms with Gasteiger partial charge in [-0.3, -0.25) is 0 Å². The summed E-state index contributed by atoms with van der Waals surface area (Å²) in [5, 5.41) is 3.23. The lowest BCUT2D eigenvalue weighted by molar-refractivity contribution is 0.403. The summed E-state index contributed by atoms with van der Waals surface area (Å²) in [6.07, 6.45) is 2.48. The van der Waals surface area contributed by atoms with Crippen LogP contribution in [0.5, 0.6) is 0 Å². The lowest BCUT2D eigenvalue weighted by Crippen LogP contribution is -2.20. The third kappa shape index (κ3) is 2.01. The van der Waals surface area contributed by atoms with Crippen molar-refractivity contribution in [2.45, 2.75) is 52.6 Å². The standard InChI is InChI=1S/C13H23N3/c1-9(2)13-15-11(8-14-4)12-7-10(3)5-6-16(12)13/h9-10,14H,5-8H2,1-4H3. The summed E-state index contributed by atoms with van der Waals surface area (Å²) < 4.78 is 2.46. The molecule has 0 aromatic carbocycles. The molecule has 1 aliphatic rings. The van der Waals surface area contributed by atoms with Crippen molar-refractivity contribution in [1.29, 1.82) is 0 Å². The third-order valence-electron chi connectivity index (χ3n) is 3.43. The third-order valence-corrected chi connectivity index (χ3v) is 3.43. The van der Waals surface area contributed by atoms with Crippen LogP contribution < -0.4 is 5.32 Å². The van der Waals surface area contributed by atoms with E-state index in [4.69, 9.17) is 4.98 Å². The fraction of sp³-hybridized carbons (Fsp3) is 0.769. The van der Waals surface area contributed by atoms with Crippen LogP contribution in [0.4, 0.5) is 0 Å². The van der Waals surface area contributed by atoms with Gasteiger partial charge in [0, 0.05) is 24.7 Å². The Hall–Kier alpha value is -0.830. The van der Waals surface area contributed by atoms with E-state index in [9.17, 15) is 0 Å². The number of aromatic nitrogens is 2. The minimum Gasteiger partial charge on any atom is -0.331 e. The van der Waals surface area contributed by atoms with Gasteiger partial charge in [0.05, 0.1) is 5.69 Å². The predicted octanol–water partition coefficient (Wildman–Crippen LogP) is 2.31. The van der Waals surface area contributed by atoms with E-state index in [0.29, 0.717) is 5.92 Å². The maximum atomic E-state index is 4.82. The zero-order chi connectivity index (χ0) is 11.7. The second-order valence-electron chi connectivity index (χ2n) is 5.30. The molecule has 1 aliphatic heterocycles. The van der Waals surface area contributed by atoms with Crippen molar-refractivity contribution in [3.8, 4) is 0 Å². The molecule has 16 heavy (non-hydrogen) atoms. The molecular weight excluding hydrogens is 198 g/mol. The van der Waals surface area contributed by atoms with Crippen LogP contribution in [0.15, 0.2) is 0 Å². The quantitative estimate of drug-likeness (QED) is 0.849. The average molecular weight is 221 g/mol. The van der Waals surface area contributed by atoms with E-state index in [2.05, 4.69) is 30.7 Å². The van der Waals surface area contributed by atoms with Crippen LogP contribution in [0.25, 0.3) is 0 Å². The molecule has 1 unspecified atom stereocenters. The summed E-state index contributed by atoms with van der Waals surface area (Å²) in [4.78, 5) is 4.82. The van der Waals surface area contributed by atoms with Gasteiger partial charge in [-0.05, 0) is 25.8 Å². The molecule has 90 valence electrons. The molecule has 0 aliphatic carbocycles. The van der Waals surface area contributed by atoms with Gasteiger partial charge in [0.25, 0.3) is 0 Å². The Morgan fingerprint density at radius 2 is 2.25 bits per heavy atom. The first-order valence-electron chi connectivity index (χ1n) is 6.36. The monoisotopic (exact) mass is 221 g/mol. The van der Waals surface area contributed by atoms with Gasteiger partial charge in [0.1, 0.15) is 5.82 Å². The maximum absolute atomic E-state index is 4.82. The molecule has 3 nitrogen and oxygen atoms in total. The highest BCUT2D eigenvalue weighted by atomic mass is 15.1. The summed E-state index contributed by atoms with van der Waals surface area (Å²) in [6, 6.07) is 0. The van der Waals surface area contributed by atoms with Gasteiger partial charge in [-0.15, -0.1) is 0 Å². The van der Waals surface area contributed by atoms with Crippen LogP contribution in [0.3, 0.4) is 0 Å². The highest BCUT2D eigenvalue weighted by molar-refractivity contribution is 5.21. The van der Waals surface area contributed by atoms with Crippen molar-refractivity contribution >= 4 is 0 Å². The molecule has 0 radical (unpaired) electrons. The lowest BCUT2D eigenvalue weighted by Gasteiger charge is -2.23. The molecule has 0 amide bonds. The minimum absolute atomic E-state index is 0.526. The van der Waals surface area contributed by atoms with Crippen molar-refractivity contribution in [2.24, 2.45) is 5.92 Å². The summed E-state index contributed by atoms with van der Waals surface area (Å²) in [5.41, 5.74) is 2.73. The normalized spacial score (nSPS) is 20.2. The first-order valence-corrected chi connectivity index (χ1v) is 6.36. The van der Waals surface area contributed by atoms with Crippen molar-refractivity contribution in [1.82, 2.24) is 14.9 Å². The van der Waals surface area contributed by atoms with Gasteiger partial charge < -0.3 is 9.88 Å². The number of hydrogen-bond donors (Lipinski definition) is 1. The number of rotatable bonds is 3. The molecule has 2 rings (SSSR count). The molecule has 1 aromatic heterocycles. The van der Waals surface area contributed by atoms with E-state index in [1.165, 1.54) is 30.1 Å². The van der Waals surface area contributed by atoms with Crippen molar-refractivity contribution in [2.75, 3.05) is 7.05 Å². The molecule has 0 spiro atoms. The Kier molecular flexibility index (Phi) is 3.33. The smallest absolute Gasteiger partial charge is 0.111 e. The summed E-state index contributed by atoms with van der Waals surface area (Å²) in [6.45, 7) is 8.86. The van der Waals surface area contributed by atoms with Crippen LogP contribution >= 0.6 is 0 Å². The Morgan fingerprint density at radius 1 is 1.50 bits per heavy atom. The molecule has 3 heteroatoms. The van der Waals surface area contributed by atoms with Gasteiger partial charge >= 0.3 is 0 Å². The second kappa shape index (κ2) is 4.58. The maximum Gasteiger partial charge on any atom is 0.111 e. The fourth-order valence-corrected chi connectivity index (χ4v) is 2.57. The zero-order valence-corrected chi connectivity index (χ0v) is 10.9. The van der Waals surface area contributed by atoms with E-state index >= 15 is 0 Å². The number of hydrogen-bond acceptors (Lipinski definition) is 2. The predicted molar refractivity (Wildman–Crippen MR) is 66.6 cm³/mol. The van der Waals surface area contributed by atoms with Crippen LogP contribution in [0, 0.1) is 5.92 Å². The molecule has 0 saturated carbocycles. The summed E-state index contributed by atoms with van der Waals surface area (Å²) in [5.74, 6) is 2.60. The number of nitrogens with one attached hydrogen (secondary N) is 1. The van der Waals surface area contributed by atoms with Gasteiger partial charge in [0.15, 0.2) is 0 Å². The van der Waals surface area contributed by atoms with Crippen LogP contribution in [0.1, 0.15) is 50.3 Å².